The number of halogens is 6. The van der Waals surface area contributed by atoms with Gasteiger partial charge in [-0.05, 0) is 120 Å². The molecule has 2 aromatic rings. The van der Waals surface area contributed by atoms with Gasteiger partial charge in [0.05, 0.1) is 0 Å². The van der Waals surface area contributed by atoms with Gasteiger partial charge in [0.15, 0.2) is 0 Å². The Kier molecular flexibility index (Phi) is 7.08. The maximum absolute atomic E-state index is 5.59. The summed E-state index contributed by atoms with van der Waals surface area (Å²) in [5.41, 5.74) is 0. The molecular weight excluding hydrogens is 668 g/mol. The monoisotopic (exact) mass is 668 g/mol. The van der Waals surface area contributed by atoms with Gasteiger partial charge < -0.3 is 9.47 Å². The van der Waals surface area contributed by atoms with Crippen LogP contribution in [0.25, 0.3) is 0 Å². The summed E-state index contributed by atoms with van der Waals surface area (Å²) in [7, 11) is 0. The van der Waals surface area contributed by atoms with E-state index < -0.39 is 0 Å². The lowest BCUT2D eigenvalue weighted by atomic mass is 10.3. The molecule has 0 saturated heterocycles. The highest BCUT2D eigenvalue weighted by Gasteiger charge is 2.07. The van der Waals surface area contributed by atoms with Crippen LogP contribution in [-0.4, -0.2) is 6.79 Å². The van der Waals surface area contributed by atoms with Crippen LogP contribution >= 0.6 is 95.6 Å². The van der Waals surface area contributed by atoms with E-state index in [1.165, 1.54) is 0 Å². The van der Waals surface area contributed by atoms with Crippen LogP contribution in [-0.2, 0) is 0 Å². The van der Waals surface area contributed by atoms with Gasteiger partial charge in [-0.25, -0.2) is 0 Å². The van der Waals surface area contributed by atoms with E-state index in [1.807, 2.05) is 24.3 Å². The summed E-state index contributed by atoms with van der Waals surface area (Å²) < 4.78 is 16.7. The quantitative estimate of drug-likeness (QED) is 0.245. The summed E-state index contributed by atoms with van der Waals surface area (Å²) in [6.07, 6.45) is 0. The van der Waals surface area contributed by atoms with Gasteiger partial charge in [-0.3, -0.25) is 0 Å². The minimum absolute atomic E-state index is 0.112. The number of benzene rings is 2. The molecule has 0 bridgehead atoms. The zero-order chi connectivity index (χ0) is 15.6. The summed E-state index contributed by atoms with van der Waals surface area (Å²) in [4.78, 5) is 0. The maximum atomic E-state index is 5.59. The van der Waals surface area contributed by atoms with E-state index in [-0.39, 0.29) is 6.79 Å². The average Bonchev–Trinajstić information content (AvgIpc) is 2.42. The van der Waals surface area contributed by atoms with Crippen molar-refractivity contribution >= 4 is 95.6 Å². The Morgan fingerprint density at radius 1 is 0.571 bits per heavy atom. The normalized spacial score (nSPS) is 10.6. The van der Waals surface area contributed by atoms with Gasteiger partial charge in [0, 0.05) is 26.8 Å². The lowest BCUT2D eigenvalue weighted by Crippen LogP contribution is -2.05. The fraction of sp³-hybridized carbons (Fsp3) is 0.0769. The lowest BCUT2D eigenvalue weighted by molar-refractivity contribution is 0.119. The molecule has 8 heteroatoms. The van der Waals surface area contributed by atoms with Gasteiger partial charge in [-0.2, -0.15) is 0 Å². The van der Waals surface area contributed by atoms with E-state index in [0.29, 0.717) is 11.5 Å². The first-order valence-corrected chi connectivity index (χ1v) is 10.2. The van der Waals surface area contributed by atoms with Crippen molar-refractivity contribution in [2.75, 3.05) is 6.79 Å². The van der Waals surface area contributed by atoms with Crippen LogP contribution in [0.15, 0.2) is 51.1 Å². The van der Waals surface area contributed by atoms with Crippen molar-refractivity contribution in [3.05, 3.63) is 51.1 Å². The lowest BCUT2D eigenvalue weighted by Gasteiger charge is -2.11. The molecule has 2 aromatic carbocycles. The van der Waals surface area contributed by atoms with Gasteiger partial charge in [0.25, 0.3) is 0 Å². The topological polar surface area (TPSA) is 18.5 Å². The van der Waals surface area contributed by atoms with Gasteiger partial charge >= 0.3 is 0 Å². The number of hydrogen-bond donors (Lipinski definition) is 0. The second-order valence-corrected chi connectivity index (χ2v) is 8.81. The van der Waals surface area contributed by atoms with E-state index in [1.54, 1.807) is 0 Å². The van der Waals surface area contributed by atoms with E-state index in [0.717, 1.165) is 26.8 Å². The van der Waals surface area contributed by atoms with Crippen molar-refractivity contribution in [3.63, 3.8) is 0 Å². The van der Waals surface area contributed by atoms with Crippen LogP contribution < -0.4 is 9.47 Å². The molecule has 112 valence electrons. The molecule has 0 spiro atoms. The molecule has 0 radical (unpaired) electrons. The summed E-state index contributed by atoms with van der Waals surface area (Å²) in [5, 5.41) is 0. The Hall–Kier alpha value is 0.920. The first-order valence-electron chi connectivity index (χ1n) is 5.43. The van der Waals surface area contributed by atoms with Crippen molar-refractivity contribution in [2.45, 2.75) is 0 Å². The van der Waals surface area contributed by atoms with E-state index in [4.69, 9.17) is 9.47 Å². The molecule has 0 N–H and O–H groups in total. The molecule has 0 fully saturated rings. The second kappa shape index (κ2) is 8.15. The zero-order valence-electron chi connectivity index (χ0n) is 10.1. The largest absolute Gasteiger partial charge is 0.457 e. The van der Waals surface area contributed by atoms with Gasteiger partial charge in [0.1, 0.15) is 11.5 Å². The molecule has 0 unspecified atom stereocenters. The Balaban J connectivity index is 2.02. The minimum atomic E-state index is 0.112. The van der Waals surface area contributed by atoms with Crippen molar-refractivity contribution < 1.29 is 9.47 Å². The number of hydrogen-bond acceptors (Lipinski definition) is 2. The third-order valence-electron chi connectivity index (χ3n) is 2.37. The van der Waals surface area contributed by atoms with E-state index in [9.17, 15) is 0 Å². The first-order chi connectivity index (χ1) is 9.88. The molecule has 21 heavy (non-hydrogen) atoms. The highest BCUT2D eigenvalue weighted by atomic mass is 79.9. The summed E-state index contributed by atoms with van der Waals surface area (Å²) in [6, 6.07) is 7.47. The fourth-order valence-corrected chi connectivity index (χ4v) is 4.14. The summed E-state index contributed by atoms with van der Waals surface area (Å²) >= 11 is 20.7. The Morgan fingerprint density at radius 3 is 1.14 bits per heavy atom. The predicted molar refractivity (Wildman–Crippen MR) is 105 cm³/mol. The first kappa shape index (κ1) is 18.3. The molecule has 0 aliphatic carbocycles. The zero-order valence-corrected chi connectivity index (χ0v) is 19.6. The highest BCUT2D eigenvalue weighted by Crippen LogP contribution is 2.36. The third-order valence-corrected chi connectivity index (χ3v) is 8.70. The van der Waals surface area contributed by atoms with Gasteiger partial charge in [0.2, 0.25) is 6.79 Å². The fourth-order valence-electron chi connectivity index (χ4n) is 1.40. The second-order valence-electron chi connectivity index (χ2n) is 3.81. The van der Waals surface area contributed by atoms with Crippen molar-refractivity contribution in [2.24, 2.45) is 0 Å². The molecule has 0 aliphatic rings. The summed E-state index contributed by atoms with van der Waals surface area (Å²) in [5.74, 6) is 1.40. The molecule has 0 saturated carbocycles. The van der Waals surface area contributed by atoms with Crippen LogP contribution in [0.3, 0.4) is 0 Å². The molecule has 0 aromatic heterocycles. The van der Waals surface area contributed by atoms with Gasteiger partial charge in [-0.15, -0.1) is 0 Å². The molecule has 0 atom stereocenters. The SMILES string of the molecule is Brc1cc(OCOc2cc(Br)c(Br)c(Br)c2)cc(Br)c1Br. The van der Waals surface area contributed by atoms with E-state index in [2.05, 4.69) is 95.6 Å². The molecule has 2 nitrogen and oxygen atoms in total. The van der Waals surface area contributed by atoms with Crippen LogP contribution in [0.1, 0.15) is 0 Å². The van der Waals surface area contributed by atoms with Crippen LogP contribution in [0.5, 0.6) is 11.5 Å². The standard InChI is InChI=1S/C13H6Br6O2/c14-8-1-6(2-9(15)12(8)18)20-5-21-7-3-10(16)13(19)11(17)4-7/h1-4H,5H2. The number of ether oxygens (including phenoxy) is 2. The molecule has 0 amide bonds. The average molecular weight is 674 g/mol. The predicted octanol–water partition coefficient (Wildman–Crippen LogP) is 7.68. The summed E-state index contributed by atoms with van der Waals surface area (Å²) in [6.45, 7) is 0.112. The van der Waals surface area contributed by atoms with Crippen LogP contribution in [0, 0.1) is 0 Å². The number of rotatable bonds is 4. The molecule has 0 aliphatic heterocycles. The molecule has 2 rings (SSSR count). The van der Waals surface area contributed by atoms with E-state index >= 15 is 0 Å². The minimum Gasteiger partial charge on any atom is -0.457 e. The highest BCUT2D eigenvalue weighted by molar-refractivity contribution is 9.15. The van der Waals surface area contributed by atoms with Crippen LogP contribution in [0.2, 0.25) is 0 Å². The van der Waals surface area contributed by atoms with Crippen LogP contribution in [0.4, 0.5) is 0 Å². The van der Waals surface area contributed by atoms with Crippen molar-refractivity contribution in [1.29, 1.82) is 0 Å². The van der Waals surface area contributed by atoms with Gasteiger partial charge in [-0.1, -0.05) is 0 Å². The Labute approximate surface area is 172 Å². The smallest absolute Gasteiger partial charge is 0.230 e. The maximum Gasteiger partial charge on any atom is 0.230 e. The molecule has 0 heterocycles. The van der Waals surface area contributed by atoms with Crippen molar-refractivity contribution in [1.82, 2.24) is 0 Å². The molecular formula is C13H6Br6O2. The Bertz CT molecular complexity index is 570. The Morgan fingerprint density at radius 2 is 0.857 bits per heavy atom. The third kappa shape index (κ3) is 4.94. The van der Waals surface area contributed by atoms with Crippen molar-refractivity contribution in [3.8, 4) is 11.5 Å².